The molecule has 0 bridgehead atoms. The average Bonchev–Trinajstić information content (AvgIpc) is 2.54. The lowest BCUT2D eigenvalue weighted by Crippen LogP contribution is -2.11. The van der Waals surface area contributed by atoms with Crippen molar-refractivity contribution in [2.24, 2.45) is 0 Å². The Kier molecular flexibility index (Phi) is 5.76. The molecule has 0 radical (unpaired) electrons. The van der Waals surface area contributed by atoms with Gasteiger partial charge in [-0.05, 0) is 42.8 Å². The summed E-state index contributed by atoms with van der Waals surface area (Å²) in [6, 6.07) is 10.8. The first kappa shape index (κ1) is 15.0. The van der Waals surface area contributed by atoms with Gasteiger partial charge in [0.15, 0.2) is 0 Å². The van der Waals surface area contributed by atoms with Crippen molar-refractivity contribution < 1.29 is 9.53 Å². The summed E-state index contributed by atoms with van der Waals surface area (Å²) in [5.74, 6) is 0.682. The Morgan fingerprint density at radius 2 is 1.81 bits per heavy atom. The predicted octanol–water partition coefficient (Wildman–Crippen LogP) is 3.90. The number of carbonyl (C=O) groups excluding carboxylic acids is 1. The topological polar surface area (TPSA) is 51.2 Å². The Morgan fingerprint density at radius 1 is 1.10 bits per heavy atom. The number of unbranched alkanes of at least 4 members (excludes halogenated alkanes) is 2. The fourth-order valence-electron chi connectivity index (χ4n) is 1.88. The highest BCUT2D eigenvalue weighted by Gasteiger charge is 2.05. The second-order valence-corrected chi connectivity index (χ2v) is 4.77. The number of pyridine rings is 1. The first-order valence-electron chi connectivity index (χ1n) is 7.24. The number of rotatable bonds is 7. The van der Waals surface area contributed by atoms with Crippen LogP contribution in [0.3, 0.4) is 0 Å². The SMILES string of the molecule is CCCCCOc1ccc(NC(=O)c2ccncc2)cc1. The summed E-state index contributed by atoms with van der Waals surface area (Å²) < 4.78 is 5.63. The molecule has 1 aromatic carbocycles. The van der Waals surface area contributed by atoms with Crippen LogP contribution in [0.4, 0.5) is 5.69 Å². The van der Waals surface area contributed by atoms with E-state index in [0.29, 0.717) is 5.56 Å². The normalized spacial score (nSPS) is 10.1. The first-order valence-corrected chi connectivity index (χ1v) is 7.24. The standard InChI is InChI=1S/C17H20N2O2/c1-2-3-4-13-21-16-7-5-15(6-8-16)19-17(20)14-9-11-18-12-10-14/h5-12H,2-4,13H2,1H3,(H,19,20). The van der Waals surface area contributed by atoms with Crippen molar-refractivity contribution in [3.05, 3.63) is 54.4 Å². The van der Waals surface area contributed by atoms with Gasteiger partial charge in [0.1, 0.15) is 5.75 Å². The van der Waals surface area contributed by atoms with Gasteiger partial charge in [-0.2, -0.15) is 0 Å². The van der Waals surface area contributed by atoms with Crippen LogP contribution in [-0.4, -0.2) is 17.5 Å². The van der Waals surface area contributed by atoms with Crippen LogP contribution in [-0.2, 0) is 0 Å². The summed E-state index contributed by atoms with van der Waals surface area (Å²) in [5.41, 5.74) is 1.34. The van der Waals surface area contributed by atoms with Crippen LogP contribution in [0.15, 0.2) is 48.8 Å². The van der Waals surface area contributed by atoms with E-state index in [1.165, 1.54) is 12.8 Å². The lowest BCUT2D eigenvalue weighted by molar-refractivity contribution is 0.102. The Bertz CT molecular complexity index is 553. The molecule has 1 amide bonds. The fourth-order valence-corrected chi connectivity index (χ4v) is 1.88. The molecule has 4 heteroatoms. The Balaban J connectivity index is 1.86. The molecule has 0 spiro atoms. The van der Waals surface area contributed by atoms with E-state index in [9.17, 15) is 4.79 Å². The molecule has 0 saturated heterocycles. The minimum absolute atomic E-state index is 0.144. The quantitative estimate of drug-likeness (QED) is 0.784. The Labute approximate surface area is 125 Å². The van der Waals surface area contributed by atoms with Crippen molar-refractivity contribution in [2.75, 3.05) is 11.9 Å². The van der Waals surface area contributed by atoms with Crippen molar-refractivity contribution in [2.45, 2.75) is 26.2 Å². The molecular weight excluding hydrogens is 264 g/mol. The summed E-state index contributed by atoms with van der Waals surface area (Å²) in [4.78, 5) is 15.9. The highest BCUT2D eigenvalue weighted by atomic mass is 16.5. The molecule has 0 aliphatic carbocycles. The maximum absolute atomic E-state index is 12.0. The third-order valence-corrected chi connectivity index (χ3v) is 3.07. The van der Waals surface area contributed by atoms with Crippen LogP contribution in [0, 0.1) is 0 Å². The number of anilines is 1. The minimum Gasteiger partial charge on any atom is -0.494 e. The zero-order chi connectivity index (χ0) is 14.9. The fraction of sp³-hybridized carbons (Fsp3) is 0.294. The number of nitrogens with one attached hydrogen (secondary N) is 1. The second-order valence-electron chi connectivity index (χ2n) is 4.77. The molecule has 1 aromatic heterocycles. The summed E-state index contributed by atoms with van der Waals surface area (Å²) in [6.45, 7) is 2.90. The summed E-state index contributed by atoms with van der Waals surface area (Å²) in [6.07, 6.45) is 6.63. The molecule has 1 N–H and O–H groups in total. The van der Waals surface area contributed by atoms with Crippen molar-refractivity contribution in [3.8, 4) is 5.75 Å². The van der Waals surface area contributed by atoms with E-state index in [0.717, 1.165) is 24.5 Å². The number of amides is 1. The third kappa shape index (κ3) is 4.91. The number of hydrogen-bond donors (Lipinski definition) is 1. The van der Waals surface area contributed by atoms with Gasteiger partial charge in [-0.25, -0.2) is 0 Å². The number of carbonyl (C=O) groups is 1. The number of hydrogen-bond acceptors (Lipinski definition) is 3. The molecular formula is C17H20N2O2. The van der Waals surface area contributed by atoms with Gasteiger partial charge in [-0.3, -0.25) is 9.78 Å². The minimum atomic E-state index is -0.144. The summed E-state index contributed by atoms with van der Waals surface area (Å²) >= 11 is 0. The number of aromatic nitrogens is 1. The van der Waals surface area contributed by atoms with Gasteiger partial charge in [0.2, 0.25) is 0 Å². The van der Waals surface area contributed by atoms with E-state index in [4.69, 9.17) is 4.74 Å². The Morgan fingerprint density at radius 3 is 2.48 bits per heavy atom. The lowest BCUT2D eigenvalue weighted by Gasteiger charge is -2.08. The van der Waals surface area contributed by atoms with Gasteiger partial charge in [0, 0.05) is 23.6 Å². The monoisotopic (exact) mass is 284 g/mol. The number of benzene rings is 1. The molecule has 4 nitrogen and oxygen atoms in total. The lowest BCUT2D eigenvalue weighted by atomic mass is 10.2. The maximum Gasteiger partial charge on any atom is 0.255 e. The molecule has 2 aromatic rings. The van der Waals surface area contributed by atoms with Crippen LogP contribution in [0.5, 0.6) is 5.75 Å². The highest BCUT2D eigenvalue weighted by Crippen LogP contribution is 2.16. The number of ether oxygens (including phenoxy) is 1. The van der Waals surface area contributed by atoms with Gasteiger partial charge in [0.05, 0.1) is 6.61 Å². The molecule has 2 rings (SSSR count). The number of nitrogens with zero attached hydrogens (tertiary/aromatic N) is 1. The molecule has 1 heterocycles. The molecule has 110 valence electrons. The molecule has 21 heavy (non-hydrogen) atoms. The zero-order valence-electron chi connectivity index (χ0n) is 12.2. The van der Waals surface area contributed by atoms with Crippen LogP contribution < -0.4 is 10.1 Å². The van der Waals surface area contributed by atoms with Crippen LogP contribution in [0.25, 0.3) is 0 Å². The molecule has 0 saturated carbocycles. The van der Waals surface area contributed by atoms with Gasteiger partial charge in [-0.1, -0.05) is 19.8 Å². The predicted molar refractivity (Wildman–Crippen MR) is 83.7 cm³/mol. The van der Waals surface area contributed by atoms with Crippen molar-refractivity contribution in [1.29, 1.82) is 0 Å². The Hall–Kier alpha value is -2.36. The third-order valence-electron chi connectivity index (χ3n) is 3.07. The molecule has 0 fully saturated rings. The van der Waals surface area contributed by atoms with Gasteiger partial charge >= 0.3 is 0 Å². The van der Waals surface area contributed by atoms with Crippen molar-refractivity contribution in [3.63, 3.8) is 0 Å². The van der Waals surface area contributed by atoms with Gasteiger partial charge < -0.3 is 10.1 Å². The maximum atomic E-state index is 12.0. The van der Waals surface area contributed by atoms with Crippen molar-refractivity contribution in [1.82, 2.24) is 4.98 Å². The zero-order valence-corrected chi connectivity index (χ0v) is 12.2. The molecule has 0 atom stereocenters. The highest BCUT2D eigenvalue weighted by molar-refractivity contribution is 6.04. The van der Waals surface area contributed by atoms with Crippen molar-refractivity contribution >= 4 is 11.6 Å². The molecule has 0 aliphatic rings. The molecule has 0 aliphatic heterocycles. The smallest absolute Gasteiger partial charge is 0.255 e. The van der Waals surface area contributed by atoms with Gasteiger partial charge in [-0.15, -0.1) is 0 Å². The summed E-state index contributed by atoms with van der Waals surface area (Å²) in [7, 11) is 0. The van der Waals surface area contributed by atoms with Crippen LogP contribution in [0.1, 0.15) is 36.5 Å². The average molecular weight is 284 g/mol. The largest absolute Gasteiger partial charge is 0.494 e. The van der Waals surface area contributed by atoms with Crippen LogP contribution in [0.2, 0.25) is 0 Å². The van der Waals surface area contributed by atoms with E-state index in [1.54, 1.807) is 24.5 Å². The molecule has 0 unspecified atom stereocenters. The van der Waals surface area contributed by atoms with E-state index in [1.807, 2.05) is 24.3 Å². The summed E-state index contributed by atoms with van der Waals surface area (Å²) in [5, 5.41) is 2.84. The van der Waals surface area contributed by atoms with Gasteiger partial charge in [0.25, 0.3) is 5.91 Å². The first-order chi connectivity index (χ1) is 10.3. The van der Waals surface area contributed by atoms with E-state index >= 15 is 0 Å². The second kappa shape index (κ2) is 8.04. The van der Waals surface area contributed by atoms with E-state index in [-0.39, 0.29) is 5.91 Å². The van der Waals surface area contributed by atoms with Crippen LogP contribution >= 0.6 is 0 Å². The van der Waals surface area contributed by atoms with E-state index < -0.39 is 0 Å². The van der Waals surface area contributed by atoms with E-state index in [2.05, 4.69) is 17.2 Å².